The highest BCUT2D eigenvalue weighted by Crippen LogP contribution is 2.01. The van der Waals surface area contributed by atoms with E-state index in [0.717, 1.165) is 5.69 Å². The van der Waals surface area contributed by atoms with Crippen LogP contribution in [-0.2, 0) is 20.6 Å². The number of nitrogens with zero attached hydrogens (tertiary/aromatic N) is 6. The highest BCUT2D eigenvalue weighted by atomic mass is 15.6. The summed E-state index contributed by atoms with van der Waals surface area (Å²) in [6.45, 7) is 0.657. The van der Waals surface area contributed by atoms with Crippen LogP contribution >= 0.6 is 0 Å². The number of nitrogens with one attached hydrogen (secondary N) is 1. The third-order valence-electron chi connectivity index (χ3n) is 1.96. The van der Waals surface area contributed by atoms with E-state index >= 15 is 0 Å². The maximum Gasteiger partial charge on any atom is 0.242 e. The first kappa shape index (κ1) is 8.67. The summed E-state index contributed by atoms with van der Waals surface area (Å²) in [5, 5.41) is 14.1. The van der Waals surface area contributed by atoms with Crippen LogP contribution in [0.3, 0.4) is 0 Å². The molecule has 0 saturated heterocycles. The van der Waals surface area contributed by atoms with Gasteiger partial charge in [0, 0.05) is 20.3 Å². The van der Waals surface area contributed by atoms with Gasteiger partial charge in [0.05, 0.1) is 18.6 Å². The van der Waals surface area contributed by atoms with Crippen LogP contribution in [0.2, 0.25) is 0 Å². The van der Waals surface area contributed by atoms with Crippen LogP contribution in [0.1, 0.15) is 5.69 Å². The van der Waals surface area contributed by atoms with Gasteiger partial charge in [0.2, 0.25) is 5.95 Å². The Bertz CT molecular complexity index is 375. The van der Waals surface area contributed by atoms with E-state index in [0.29, 0.717) is 12.5 Å². The van der Waals surface area contributed by atoms with Gasteiger partial charge in [0.15, 0.2) is 0 Å². The molecule has 0 aromatic carbocycles. The van der Waals surface area contributed by atoms with Gasteiger partial charge in [-0.3, -0.25) is 0 Å². The Morgan fingerprint density at radius 3 is 2.86 bits per heavy atom. The summed E-state index contributed by atoms with van der Waals surface area (Å²) in [7, 11) is 3.73. The van der Waals surface area contributed by atoms with Gasteiger partial charge in [-0.25, -0.2) is 9.67 Å². The quantitative estimate of drug-likeness (QED) is 0.715. The molecule has 0 aliphatic rings. The predicted octanol–water partition coefficient (Wildman–Crippen LogP) is -0.444. The maximum atomic E-state index is 4.01. The summed E-state index contributed by atoms with van der Waals surface area (Å²) in [6.07, 6.45) is 3.56. The van der Waals surface area contributed by atoms with E-state index in [-0.39, 0.29) is 0 Å². The molecule has 0 amide bonds. The number of aromatic nitrogens is 6. The molecule has 2 aromatic heterocycles. The summed E-state index contributed by atoms with van der Waals surface area (Å²) in [4.78, 5) is 4.01. The van der Waals surface area contributed by atoms with E-state index in [1.165, 1.54) is 0 Å². The molecule has 0 saturated carbocycles. The number of tetrazole rings is 1. The Kier molecular flexibility index (Phi) is 2.13. The Morgan fingerprint density at radius 1 is 1.43 bits per heavy atom. The Hall–Kier alpha value is -1.92. The van der Waals surface area contributed by atoms with Gasteiger partial charge >= 0.3 is 0 Å². The van der Waals surface area contributed by atoms with E-state index in [1.54, 1.807) is 24.3 Å². The zero-order chi connectivity index (χ0) is 9.97. The van der Waals surface area contributed by atoms with Crippen molar-refractivity contribution < 1.29 is 0 Å². The smallest absolute Gasteiger partial charge is 0.242 e. The second kappa shape index (κ2) is 3.44. The van der Waals surface area contributed by atoms with Crippen molar-refractivity contribution in [3.8, 4) is 0 Å². The first-order valence-corrected chi connectivity index (χ1v) is 4.19. The molecule has 7 nitrogen and oxygen atoms in total. The number of hydrogen-bond donors (Lipinski definition) is 1. The van der Waals surface area contributed by atoms with Crippen molar-refractivity contribution >= 4 is 5.95 Å². The van der Waals surface area contributed by atoms with Crippen molar-refractivity contribution in [2.75, 3.05) is 5.32 Å². The first-order chi connectivity index (χ1) is 6.77. The van der Waals surface area contributed by atoms with Crippen LogP contribution in [0.15, 0.2) is 12.5 Å². The fourth-order valence-corrected chi connectivity index (χ4v) is 1.10. The summed E-state index contributed by atoms with van der Waals surface area (Å²) in [5.74, 6) is 0.645. The minimum atomic E-state index is 0.645. The second-order valence-corrected chi connectivity index (χ2v) is 2.98. The molecule has 0 spiro atoms. The van der Waals surface area contributed by atoms with Crippen LogP contribution in [-0.4, -0.2) is 29.8 Å². The maximum absolute atomic E-state index is 4.01. The van der Waals surface area contributed by atoms with Gasteiger partial charge in [0.25, 0.3) is 0 Å². The van der Waals surface area contributed by atoms with Crippen LogP contribution in [0, 0.1) is 0 Å². The molecule has 0 radical (unpaired) electrons. The van der Waals surface area contributed by atoms with Gasteiger partial charge in [-0.1, -0.05) is 5.10 Å². The molecule has 0 atom stereocenters. The molecule has 2 heterocycles. The molecule has 2 aromatic rings. The van der Waals surface area contributed by atoms with Crippen molar-refractivity contribution in [1.82, 2.24) is 29.8 Å². The van der Waals surface area contributed by atoms with Crippen LogP contribution in [0.25, 0.3) is 0 Å². The number of anilines is 1. The fourth-order valence-electron chi connectivity index (χ4n) is 1.10. The average molecular weight is 193 g/mol. The minimum absolute atomic E-state index is 0.645. The van der Waals surface area contributed by atoms with Crippen LogP contribution in [0.4, 0.5) is 5.95 Å². The van der Waals surface area contributed by atoms with E-state index in [4.69, 9.17) is 0 Å². The average Bonchev–Trinajstić information content (AvgIpc) is 2.72. The molecule has 0 bridgehead atoms. The summed E-state index contributed by atoms with van der Waals surface area (Å²) in [6, 6.07) is 0. The largest absolute Gasteiger partial charge is 0.347 e. The Labute approximate surface area is 80.8 Å². The molecular formula is C7H11N7. The van der Waals surface area contributed by atoms with Crippen LogP contribution in [0.5, 0.6) is 0 Å². The molecular weight excluding hydrogens is 182 g/mol. The standard InChI is InChI=1S/C7H11N7/c1-13-5-8-3-6(13)4-9-7-10-11-12-14(7)2/h3,5H,4H2,1-2H3,(H,9,10,12). The zero-order valence-corrected chi connectivity index (χ0v) is 8.05. The molecule has 14 heavy (non-hydrogen) atoms. The Balaban J connectivity index is 2.02. The van der Waals surface area contributed by atoms with Crippen molar-refractivity contribution in [1.29, 1.82) is 0 Å². The van der Waals surface area contributed by atoms with E-state index in [2.05, 4.69) is 25.8 Å². The normalized spacial score (nSPS) is 10.4. The molecule has 0 aliphatic carbocycles. The molecule has 7 heteroatoms. The van der Waals surface area contributed by atoms with Crippen molar-refractivity contribution in [3.05, 3.63) is 18.2 Å². The molecule has 0 aliphatic heterocycles. The summed E-state index contributed by atoms with van der Waals surface area (Å²) in [5.41, 5.74) is 1.08. The van der Waals surface area contributed by atoms with E-state index in [9.17, 15) is 0 Å². The van der Waals surface area contributed by atoms with Crippen molar-refractivity contribution in [2.24, 2.45) is 14.1 Å². The minimum Gasteiger partial charge on any atom is -0.347 e. The SMILES string of the molecule is Cn1cncc1CNc1nnnn1C. The summed E-state index contributed by atoms with van der Waals surface area (Å²) < 4.78 is 3.52. The molecule has 0 fully saturated rings. The summed E-state index contributed by atoms with van der Waals surface area (Å²) >= 11 is 0. The predicted molar refractivity (Wildman–Crippen MR) is 49.3 cm³/mol. The molecule has 1 N–H and O–H groups in total. The third-order valence-corrected chi connectivity index (χ3v) is 1.96. The van der Waals surface area contributed by atoms with Gasteiger partial charge in [-0.2, -0.15) is 0 Å². The van der Waals surface area contributed by atoms with E-state index < -0.39 is 0 Å². The molecule has 74 valence electrons. The van der Waals surface area contributed by atoms with E-state index in [1.807, 2.05) is 11.6 Å². The molecule has 2 rings (SSSR count). The van der Waals surface area contributed by atoms with Gasteiger partial charge in [0.1, 0.15) is 0 Å². The second-order valence-electron chi connectivity index (χ2n) is 2.98. The zero-order valence-electron chi connectivity index (χ0n) is 8.05. The first-order valence-electron chi connectivity index (χ1n) is 4.19. The van der Waals surface area contributed by atoms with Gasteiger partial charge in [-0.05, 0) is 10.4 Å². The number of rotatable bonds is 3. The van der Waals surface area contributed by atoms with Gasteiger partial charge in [-0.15, -0.1) is 0 Å². The third kappa shape index (κ3) is 1.56. The fraction of sp³-hybridized carbons (Fsp3) is 0.429. The number of hydrogen-bond acceptors (Lipinski definition) is 5. The van der Waals surface area contributed by atoms with Crippen molar-refractivity contribution in [3.63, 3.8) is 0 Å². The number of aryl methyl sites for hydroxylation is 2. The highest BCUT2D eigenvalue weighted by molar-refractivity contribution is 5.22. The molecule has 0 unspecified atom stereocenters. The lowest BCUT2D eigenvalue weighted by atomic mass is 10.4. The lowest BCUT2D eigenvalue weighted by Gasteiger charge is -2.03. The lowest BCUT2D eigenvalue weighted by Crippen LogP contribution is -2.08. The monoisotopic (exact) mass is 193 g/mol. The Morgan fingerprint density at radius 2 is 2.29 bits per heavy atom. The van der Waals surface area contributed by atoms with Crippen molar-refractivity contribution in [2.45, 2.75) is 6.54 Å². The van der Waals surface area contributed by atoms with Gasteiger partial charge < -0.3 is 9.88 Å². The lowest BCUT2D eigenvalue weighted by molar-refractivity contribution is 0.710. The topological polar surface area (TPSA) is 73.5 Å². The van der Waals surface area contributed by atoms with Crippen LogP contribution < -0.4 is 5.32 Å². The number of imidazole rings is 1. The highest BCUT2D eigenvalue weighted by Gasteiger charge is 2.02.